The molecule has 1 N–H and O–H groups in total. The summed E-state index contributed by atoms with van der Waals surface area (Å²) in [7, 11) is 0. The number of aliphatic hydroxyl groups is 1. The van der Waals surface area contributed by atoms with Gasteiger partial charge in [-0.2, -0.15) is 0 Å². The van der Waals surface area contributed by atoms with E-state index in [2.05, 4.69) is 0 Å². The van der Waals surface area contributed by atoms with Gasteiger partial charge < -0.3 is 5.11 Å². The maximum atomic E-state index is 12.8. The molecule has 1 aromatic carbocycles. The van der Waals surface area contributed by atoms with Crippen LogP contribution in [0.15, 0.2) is 6.07 Å². The quantitative estimate of drug-likeness (QED) is 0.433. The Morgan fingerprint density at radius 2 is 1.77 bits per heavy atom. The second-order valence-electron chi connectivity index (χ2n) is 2.23. The van der Waals surface area contributed by atoms with Gasteiger partial charge in [0.1, 0.15) is 5.02 Å². The molecule has 1 atom stereocenters. The monoisotopic (exact) mass is 214 g/mol. The van der Waals surface area contributed by atoms with Gasteiger partial charge in [-0.1, -0.05) is 11.6 Å². The first-order valence-electron chi connectivity index (χ1n) is 3.10. The summed E-state index contributed by atoms with van der Waals surface area (Å²) in [4.78, 5) is 0. The molecule has 0 aliphatic rings. The van der Waals surface area contributed by atoms with E-state index in [0.717, 1.165) is 0 Å². The van der Waals surface area contributed by atoms with E-state index in [1.165, 1.54) is 0 Å². The van der Waals surface area contributed by atoms with Crippen molar-refractivity contribution in [1.82, 2.24) is 0 Å². The summed E-state index contributed by atoms with van der Waals surface area (Å²) in [6.45, 7) is 0. The Bertz CT molecular complexity index is 340. The summed E-state index contributed by atoms with van der Waals surface area (Å²) in [6, 6.07) is 0.210. The van der Waals surface area contributed by atoms with E-state index in [-0.39, 0.29) is 6.07 Å². The number of aliphatic hydroxyl groups excluding tert-OH is 1. The van der Waals surface area contributed by atoms with Gasteiger partial charge in [0.15, 0.2) is 17.5 Å². The summed E-state index contributed by atoms with van der Waals surface area (Å²) in [5, 5.41) is 7.12. The van der Waals surface area contributed by atoms with Crippen LogP contribution in [-0.4, -0.2) is 5.11 Å². The van der Waals surface area contributed by atoms with Gasteiger partial charge in [0.2, 0.25) is 6.36 Å². The lowest BCUT2D eigenvalue weighted by molar-refractivity contribution is 0.0374. The maximum absolute atomic E-state index is 12.8. The molecule has 0 aliphatic heterocycles. The van der Waals surface area contributed by atoms with Crippen molar-refractivity contribution >= 4 is 11.6 Å². The second kappa shape index (κ2) is 3.51. The first kappa shape index (κ1) is 10.3. The summed E-state index contributed by atoms with van der Waals surface area (Å²) in [6.07, 6.45) is -2.73. The summed E-state index contributed by atoms with van der Waals surface area (Å²) >= 11 is 4.96. The predicted octanol–water partition coefficient (Wildman–Crippen LogP) is 2.72. The van der Waals surface area contributed by atoms with E-state index >= 15 is 0 Å². The summed E-state index contributed by atoms with van der Waals surface area (Å²) in [5.74, 6) is -4.63. The third kappa shape index (κ3) is 1.76. The SMILES string of the molecule is OC(F)c1cc(F)c(F)c(Cl)c1F. The summed E-state index contributed by atoms with van der Waals surface area (Å²) < 4.78 is 49.9. The van der Waals surface area contributed by atoms with Crippen LogP contribution in [0.5, 0.6) is 0 Å². The van der Waals surface area contributed by atoms with Gasteiger partial charge in [-0.15, -0.1) is 0 Å². The van der Waals surface area contributed by atoms with Crippen LogP contribution in [0, 0.1) is 17.5 Å². The van der Waals surface area contributed by atoms with Gasteiger partial charge in [-0.25, -0.2) is 17.6 Å². The zero-order chi connectivity index (χ0) is 10.2. The minimum atomic E-state index is -2.73. The van der Waals surface area contributed by atoms with Crippen LogP contribution in [-0.2, 0) is 0 Å². The van der Waals surface area contributed by atoms with E-state index in [9.17, 15) is 17.6 Å². The van der Waals surface area contributed by atoms with Crippen molar-refractivity contribution in [3.05, 3.63) is 34.1 Å². The number of halogens is 5. The van der Waals surface area contributed by atoms with E-state index in [0.29, 0.717) is 0 Å². The molecule has 1 nitrogen and oxygen atoms in total. The van der Waals surface area contributed by atoms with Crippen LogP contribution in [0.1, 0.15) is 11.9 Å². The molecule has 0 aliphatic carbocycles. The topological polar surface area (TPSA) is 20.2 Å². The molecule has 6 heteroatoms. The largest absolute Gasteiger partial charge is 0.360 e. The molecule has 72 valence electrons. The maximum Gasteiger partial charge on any atom is 0.225 e. The molecule has 1 rings (SSSR count). The van der Waals surface area contributed by atoms with Gasteiger partial charge in [-0.3, -0.25) is 0 Å². The molecule has 0 aromatic heterocycles. The molecule has 0 saturated carbocycles. The Kier molecular flexibility index (Phi) is 2.77. The minimum absolute atomic E-state index is 0.210. The van der Waals surface area contributed by atoms with Gasteiger partial charge in [0.25, 0.3) is 0 Å². The van der Waals surface area contributed by atoms with E-state index < -0.39 is 34.4 Å². The molecule has 0 fully saturated rings. The molecule has 1 aromatic rings. The van der Waals surface area contributed by atoms with Gasteiger partial charge in [0.05, 0.1) is 5.56 Å². The fourth-order valence-corrected chi connectivity index (χ4v) is 0.964. The van der Waals surface area contributed by atoms with E-state index in [1.54, 1.807) is 0 Å². The third-order valence-corrected chi connectivity index (χ3v) is 1.72. The number of hydrogen-bond donors (Lipinski definition) is 1. The van der Waals surface area contributed by atoms with Gasteiger partial charge in [-0.05, 0) is 6.07 Å². The number of benzene rings is 1. The van der Waals surface area contributed by atoms with Crippen molar-refractivity contribution in [1.29, 1.82) is 0 Å². The van der Waals surface area contributed by atoms with Crippen LogP contribution in [0.4, 0.5) is 17.6 Å². The van der Waals surface area contributed by atoms with E-state index in [4.69, 9.17) is 16.7 Å². The molecule has 0 spiro atoms. The average Bonchev–Trinajstić information content (AvgIpc) is 2.07. The van der Waals surface area contributed by atoms with Crippen molar-refractivity contribution in [2.45, 2.75) is 6.36 Å². The van der Waals surface area contributed by atoms with Crippen LogP contribution in [0.25, 0.3) is 0 Å². The van der Waals surface area contributed by atoms with Gasteiger partial charge >= 0.3 is 0 Å². The van der Waals surface area contributed by atoms with Crippen molar-refractivity contribution in [2.75, 3.05) is 0 Å². The van der Waals surface area contributed by atoms with E-state index in [1.807, 2.05) is 0 Å². The highest BCUT2D eigenvalue weighted by Crippen LogP contribution is 2.28. The summed E-state index contributed by atoms with van der Waals surface area (Å²) in [5.41, 5.74) is -1.02. The minimum Gasteiger partial charge on any atom is -0.360 e. The highest BCUT2D eigenvalue weighted by atomic mass is 35.5. The Morgan fingerprint density at radius 1 is 1.23 bits per heavy atom. The second-order valence-corrected chi connectivity index (χ2v) is 2.60. The molecule has 0 radical (unpaired) electrons. The first-order chi connectivity index (χ1) is 5.95. The Morgan fingerprint density at radius 3 is 2.23 bits per heavy atom. The lowest BCUT2D eigenvalue weighted by Crippen LogP contribution is -2.00. The molecule has 0 bridgehead atoms. The predicted molar refractivity (Wildman–Crippen MR) is 37.4 cm³/mol. The highest BCUT2D eigenvalue weighted by Gasteiger charge is 2.21. The fraction of sp³-hybridized carbons (Fsp3) is 0.143. The number of alkyl halides is 1. The van der Waals surface area contributed by atoms with Crippen molar-refractivity contribution < 1.29 is 22.7 Å². The standard InChI is InChI=1S/C7H3ClF4O/c8-4-5(10)2(7(12)13)1-3(9)6(4)11/h1,7,13H. The lowest BCUT2D eigenvalue weighted by Gasteiger charge is -2.05. The molecular formula is C7H3ClF4O. The molecular weight excluding hydrogens is 212 g/mol. The first-order valence-corrected chi connectivity index (χ1v) is 3.48. The zero-order valence-electron chi connectivity index (χ0n) is 5.99. The lowest BCUT2D eigenvalue weighted by atomic mass is 10.2. The van der Waals surface area contributed by atoms with Crippen LogP contribution >= 0.6 is 11.6 Å². The van der Waals surface area contributed by atoms with Crippen LogP contribution in [0.3, 0.4) is 0 Å². The highest BCUT2D eigenvalue weighted by molar-refractivity contribution is 6.31. The van der Waals surface area contributed by atoms with Crippen molar-refractivity contribution in [3.8, 4) is 0 Å². The molecule has 0 saturated heterocycles. The number of hydrogen-bond acceptors (Lipinski definition) is 1. The Hall–Kier alpha value is -0.810. The zero-order valence-corrected chi connectivity index (χ0v) is 6.75. The number of rotatable bonds is 1. The van der Waals surface area contributed by atoms with Gasteiger partial charge in [0, 0.05) is 0 Å². The molecule has 0 heterocycles. The van der Waals surface area contributed by atoms with Crippen molar-refractivity contribution in [2.24, 2.45) is 0 Å². The smallest absolute Gasteiger partial charge is 0.225 e. The van der Waals surface area contributed by atoms with Crippen molar-refractivity contribution in [3.63, 3.8) is 0 Å². The Balaban J connectivity index is 3.41. The third-order valence-electron chi connectivity index (χ3n) is 1.39. The normalized spacial score (nSPS) is 13.1. The fourth-order valence-electron chi connectivity index (χ4n) is 0.765. The molecule has 13 heavy (non-hydrogen) atoms. The molecule has 0 amide bonds. The van der Waals surface area contributed by atoms with Crippen LogP contribution in [0.2, 0.25) is 5.02 Å². The Labute approximate surface area is 75.6 Å². The van der Waals surface area contributed by atoms with Crippen LogP contribution < -0.4 is 0 Å². The average molecular weight is 215 g/mol. The molecule has 1 unspecified atom stereocenters.